The number of nitrogens with one attached hydrogen (secondary N) is 1. The van der Waals surface area contributed by atoms with Crippen molar-refractivity contribution in [1.29, 1.82) is 0 Å². The maximum Gasteiger partial charge on any atom is 0.323 e. The number of nitrogens with zero attached hydrogens (tertiary/aromatic N) is 3. The molecule has 4 rings (SSSR count). The van der Waals surface area contributed by atoms with E-state index in [9.17, 15) is 13.6 Å². The lowest BCUT2D eigenvalue weighted by atomic mass is 10.1. The monoisotopic (exact) mass is 471 g/mol. The van der Waals surface area contributed by atoms with Crippen LogP contribution in [0.3, 0.4) is 0 Å². The van der Waals surface area contributed by atoms with E-state index in [1.54, 1.807) is 41.3 Å². The van der Waals surface area contributed by atoms with E-state index in [0.717, 1.165) is 18.2 Å². The number of nitrogen functional groups attached to an aromatic ring is 1. The number of hydrogen-bond acceptors (Lipinski definition) is 4. The highest BCUT2D eigenvalue weighted by molar-refractivity contribution is 6.30. The van der Waals surface area contributed by atoms with Crippen molar-refractivity contribution in [2.24, 2.45) is 0 Å². The number of benzene rings is 2. The van der Waals surface area contributed by atoms with E-state index in [2.05, 4.69) is 10.3 Å². The number of nitrogens with two attached hydrogens (primary N) is 1. The number of hydrogen-bond donors (Lipinski definition) is 2. The highest BCUT2D eigenvalue weighted by Crippen LogP contribution is 2.30. The first-order valence-electron chi connectivity index (χ1n) is 10.5. The average Bonchev–Trinajstić information content (AvgIpc) is 2.81. The number of amides is 2. The van der Waals surface area contributed by atoms with Gasteiger partial charge in [-0.2, -0.15) is 0 Å². The molecule has 0 aliphatic carbocycles. The molecule has 6 nitrogen and oxygen atoms in total. The van der Waals surface area contributed by atoms with Crippen LogP contribution in [0.25, 0.3) is 11.3 Å². The molecule has 9 heteroatoms. The zero-order chi connectivity index (χ0) is 23.6. The Morgan fingerprint density at radius 1 is 1.06 bits per heavy atom. The van der Waals surface area contributed by atoms with Crippen LogP contribution >= 0.6 is 11.6 Å². The molecule has 172 valence electrons. The molecule has 0 unspecified atom stereocenters. The molecule has 1 aliphatic rings. The minimum atomic E-state index is -2.90. The number of alkyl halides is 2. The van der Waals surface area contributed by atoms with Gasteiger partial charge in [0.05, 0.1) is 11.4 Å². The lowest BCUT2D eigenvalue weighted by Gasteiger charge is -2.36. The summed E-state index contributed by atoms with van der Waals surface area (Å²) < 4.78 is 27.3. The van der Waals surface area contributed by atoms with Gasteiger partial charge >= 0.3 is 6.03 Å². The van der Waals surface area contributed by atoms with E-state index in [4.69, 9.17) is 17.3 Å². The Morgan fingerprint density at radius 3 is 2.42 bits per heavy atom. The summed E-state index contributed by atoms with van der Waals surface area (Å²) in [4.78, 5) is 21.0. The first-order valence-corrected chi connectivity index (χ1v) is 10.9. The Morgan fingerprint density at radius 2 is 1.76 bits per heavy atom. The topological polar surface area (TPSA) is 74.5 Å². The fraction of sp³-hybridized carbons (Fsp3) is 0.250. The second kappa shape index (κ2) is 9.23. The molecule has 1 fully saturated rings. The van der Waals surface area contributed by atoms with Gasteiger partial charge in [0.2, 0.25) is 0 Å². The van der Waals surface area contributed by atoms with Crippen molar-refractivity contribution in [3.8, 4) is 11.3 Å². The Hall–Kier alpha value is -3.39. The van der Waals surface area contributed by atoms with Crippen molar-refractivity contribution >= 4 is 34.8 Å². The zero-order valence-corrected chi connectivity index (χ0v) is 18.8. The predicted molar refractivity (Wildman–Crippen MR) is 128 cm³/mol. The number of piperazine rings is 1. The molecule has 0 saturated carbocycles. The van der Waals surface area contributed by atoms with E-state index in [1.807, 2.05) is 17.0 Å². The van der Waals surface area contributed by atoms with Gasteiger partial charge in [-0.3, -0.25) is 5.32 Å². The fourth-order valence-electron chi connectivity index (χ4n) is 3.68. The summed E-state index contributed by atoms with van der Waals surface area (Å²) in [7, 11) is 0. The summed E-state index contributed by atoms with van der Waals surface area (Å²) in [5.41, 5.74) is 8.59. The summed E-state index contributed by atoms with van der Waals surface area (Å²) in [5.74, 6) is -2.61. The zero-order valence-electron chi connectivity index (χ0n) is 18.1. The number of anilines is 3. The van der Waals surface area contributed by atoms with Crippen LogP contribution in [0.15, 0.2) is 60.7 Å². The van der Waals surface area contributed by atoms with Gasteiger partial charge < -0.3 is 15.5 Å². The second-order valence-corrected chi connectivity index (χ2v) is 8.42. The quantitative estimate of drug-likeness (QED) is 0.530. The minimum absolute atomic E-state index is 0.0257. The maximum atomic E-state index is 13.7. The number of carbonyl (C=O) groups is 1. The molecule has 3 N–H and O–H groups in total. The van der Waals surface area contributed by atoms with Crippen molar-refractivity contribution in [3.63, 3.8) is 0 Å². The Labute approximate surface area is 196 Å². The molecule has 1 saturated heterocycles. The number of carbonyl (C=O) groups excluding carboxylic acids is 1. The molecule has 1 aliphatic heterocycles. The standard InChI is InChI=1S/C24H24ClF2N5O/c1-24(26,27)17-3-2-4-19(15-17)31-11-13-32(14-12-31)23(33)30-22-20(28)9-10-21(29-22)16-5-7-18(25)8-6-16/h2-10,15H,11-14,28H2,1H3,(H,29,30,33). The first-order chi connectivity index (χ1) is 15.7. The SMILES string of the molecule is CC(F)(F)c1cccc(N2CCN(C(=O)Nc3nc(-c4ccc(Cl)cc4)ccc3N)CC2)c1. The molecular formula is C24H24ClF2N5O. The number of urea groups is 1. The number of rotatable bonds is 4. The summed E-state index contributed by atoms with van der Waals surface area (Å²) in [6.07, 6.45) is 0. The van der Waals surface area contributed by atoms with Crippen LogP contribution in [0.5, 0.6) is 0 Å². The van der Waals surface area contributed by atoms with Gasteiger partial charge in [0.25, 0.3) is 5.92 Å². The fourth-order valence-corrected chi connectivity index (χ4v) is 3.80. The third-order valence-corrected chi connectivity index (χ3v) is 5.83. The molecule has 1 aromatic heterocycles. The second-order valence-electron chi connectivity index (χ2n) is 7.98. The highest BCUT2D eigenvalue weighted by atomic mass is 35.5. The van der Waals surface area contributed by atoms with Crippen molar-refractivity contribution in [2.45, 2.75) is 12.8 Å². The van der Waals surface area contributed by atoms with Gasteiger partial charge in [0.15, 0.2) is 5.82 Å². The summed E-state index contributed by atoms with van der Waals surface area (Å²) in [6, 6.07) is 16.7. The molecule has 33 heavy (non-hydrogen) atoms. The summed E-state index contributed by atoms with van der Waals surface area (Å²) in [6.45, 7) is 2.82. The van der Waals surface area contributed by atoms with Crippen LogP contribution in [0.2, 0.25) is 5.02 Å². The molecule has 0 radical (unpaired) electrons. The number of aromatic nitrogens is 1. The van der Waals surface area contributed by atoms with Gasteiger partial charge in [0, 0.05) is 54.9 Å². The van der Waals surface area contributed by atoms with Crippen molar-refractivity contribution in [1.82, 2.24) is 9.88 Å². The normalized spacial score (nSPS) is 14.3. The van der Waals surface area contributed by atoms with Crippen LogP contribution in [-0.2, 0) is 5.92 Å². The van der Waals surface area contributed by atoms with Crippen molar-refractivity contribution in [3.05, 3.63) is 71.2 Å². The lowest BCUT2D eigenvalue weighted by Crippen LogP contribution is -2.50. The molecule has 0 bridgehead atoms. The van der Waals surface area contributed by atoms with Gasteiger partial charge in [-0.15, -0.1) is 0 Å². The third kappa shape index (κ3) is 5.34. The molecule has 2 amide bonds. The molecule has 2 heterocycles. The van der Waals surface area contributed by atoms with Crippen LogP contribution in [0.4, 0.5) is 30.8 Å². The van der Waals surface area contributed by atoms with Gasteiger partial charge in [-0.25, -0.2) is 18.6 Å². The molecular weight excluding hydrogens is 448 g/mol. The number of pyridine rings is 1. The van der Waals surface area contributed by atoms with E-state index in [1.165, 1.54) is 12.1 Å². The van der Waals surface area contributed by atoms with Crippen molar-refractivity contribution in [2.75, 3.05) is 42.1 Å². The van der Waals surface area contributed by atoms with Gasteiger partial charge in [-0.1, -0.05) is 35.9 Å². The summed E-state index contributed by atoms with van der Waals surface area (Å²) >= 11 is 5.95. The smallest absolute Gasteiger partial charge is 0.323 e. The Balaban J connectivity index is 1.41. The van der Waals surface area contributed by atoms with Gasteiger partial charge in [0.1, 0.15) is 0 Å². The molecule has 3 aromatic rings. The molecule has 0 atom stereocenters. The molecule has 2 aromatic carbocycles. The largest absolute Gasteiger partial charge is 0.396 e. The summed E-state index contributed by atoms with van der Waals surface area (Å²) in [5, 5.41) is 3.41. The van der Waals surface area contributed by atoms with Crippen molar-refractivity contribution < 1.29 is 13.6 Å². The van der Waals surface area contributed by atoms with Crippen LogP contribution in [0.1, 0.15) is 12.5 Å². The third-order valence-electron chi connectivity index (χ3n) is 5.58. The lowest BCUT2D eigenvalue weighted by molar-refractivity contribution is 0.0175. The van der Waals surface area contributed by atoms with E-state index < -0.39 is 5.92 Å². The predicted octanol–water partition coefficient (Wildman–Crippen LogP) is 5.45. The first kappa shape index (κ1) is 22.8. The average molecular weight is 472 g/mol. The Kier molecular flexibility index (Phi) is 6.37. The highest BCUT2D eigenvalue weighted by Gasteiger charge is 2.26. The van der Waals surface area contributed by atoms with E-state index >= 15 is 0 Å². The van der Waals surface area contributed by atoms with Crippen LogP contribution in [0, 0.1) is 0 Å². The molecule has 0 spiro atoms. The minimum Gasteiger partial charge on any atom is -0.396 e. The maximum absolute atomic E-state index is 13.7. The van der Waals surface area contributed by atoms with Crippen LogP contribution in [-0.4, -0.2) is 42.1 Å². The number of halogens is 3. The van der Waals surface area contributed by atoms with E-state index in [-0.39, 0.29) is 17.4 Å². The van der Waals surface area contributed by atoms with Crippen LogP contribution < -0.4 is 16.0 Å². The van der Waals surface area contributed by atoms with Gasteiger partial charge in [-0.05, 0) is 36.4 Å². The van der Waals surface area contributed by atoms with E-state index in [0.29, 0.717) is 42.6 Å². The Bertz CT molecular complexity index is 1140.